The molecule has 1 atom stereocenters. The van der Waals surface area contributed by atoms with Gasteiger partial charge in [-0.3, -0.25) is 9.59 Å². The number of carbonyl (C=O) groups excluding carboxylic acids is 2. The first-order valence-corrected chi connectivity index (χ1v) is 9.70. The Hall–Kier alpha value is -1.10. The van der Waals surface area contributed by atoms with Crippen LogP contribution in [0.3, 0.4) is 0 Å². The SMILES string of the molecule is O=C(CC12CC3CC(CC(C3)C1)C2)NCC(=O)N1CCC(CO)C1. The highest BCUT2D eigenvalue weighted by molar-refractivity contribution is 5.85. The first-order valence-electron chi connectivity index (χ1n) is 9.70. The minimum Gasteiger partial charge on any atom is -0.396 e. The zero-order valence-electron chi connectivity index (χ0n) is 14.5. The molecular formula is C19H30N2O3. The van der Waals surface area contributed by atoms with Crippen LogP contribution in [0.25, 0.3) is 0 Å². The zero-order chi connectivity index (χ0) is 16.7. The molecule has 0 spiro atoms. The number of hydrogen-bond donors (Lipinski definition) is 2. The fourth-order valence-electron chi connectivity index (χ4n) is 6.40. The van der Waals surface area contributed by atoms with Gasteiger partial charge in [0.05, 0.1) is 6.54 Å². The number of likely N-dealkylation sites (tertiary alicyclic amines) is 1. The number of aliphatic hydroxyl groups is 1. The normalized spacial score (nSPS) is 40.1. The van der Waals surface area contributed by atoms with Gasteiger partial charge in [-0.25, -0.2) is 0 Å². The van der Waals surface area contributed by atoms with Gasteiger partial charge < -0.3 is 15.3 Å². The molecule has 5 fully saturated rings. The van der Waals surface area contributed by atoms with E-state index in [1.165, 1.54) is 38.5 Å². The molecule has 4 saturated carbocycles. The maximum absolute atomic E-state index is 12.4. The average Bonchev–Trinajstić information content (AvgIpc) is 3.00. The van der Waals surface area contributed by atoms with Crippen molar-refractivity contribution < 1.29 is 14.7 Å². The van der Waals surface area contributed by atoms with Crippen molar-refractivity contribution in [1.82, 2.24) is 10.2 Å². The Morgan fingerprint density at radius 2 is 1.71 bits per heavy atom. The lowest BCUT2D eigenvalue weighted by atomic mass is 9.49. The van der Waals surface area contributed by atoms with Crippen LogP contribution in [0.15, 0.2) is 0 Å². The zero-order valence-corrected chi connectivity index (χ0v) is 14.5. The van der Waals surface area contributed by atoms with E-state index in [1.54, 1.807) is 4.90 Å². The second-order valence-electron chi connectivity index (χ2n) is 9.05. The third-order valence-corrected chi connectivity index (χ3v) is 7.03. The largest absolute Gasteiger partial charge is 0.396 e. The van der Waals surface area contributed by atoms with Gasteiger partial charge in [0, 0.05) is 32.0 Å². The monoisotopic (exact) mass is 334 g/mol. The van der Waals surface area contributed by atoms with E-state index in [0.29, 0.717) is 19.5 Å². The maximum Gasteiger partial charge on any atom is 0.241 e. The Bertz CT molecular complexity index is 483. The summed E-state index contributed by atoms with van der Waals surface area (Å²) >= 11 is 0. The Kier molecular flexibility index (Phi) is 4.31. The fraction of sp³-hybridized carbons (Fsp3) is 0.895. The van der Waals surface area contributed by atoms with Gasteiger partial charge >= 0.3 is 0 Å². The molecule has 2 N–H and O–H groups in total. The number of rotatable bonds is 5. The number of carbonyl (C=O) groups is 2. The van der Waals surface area contributed by atoms with Crippen LogP contribution in [0.2, 0.25) is 0 Å². The van der Waals surface area contributed by atoms with E-state index in [-0.39, 0.29) is 36.3 Å². The number of nitrogens with one attached hydrogen (secondary N) is 1. The Labute approximate surface area is 144 Å². The summed E-state index contributed by atoms with van der Waals surface area (Å²) in [4.78, 5) is 26.4. The third kappa shape index (κ3) is 3.19. The summed E-state index contributed by atoms with van der Waals surface area (Å²) in [6.45, 7) is 1.58. The van der Waals surface area contributed by atoms with Crippen LogP contribution in [-0.4, -0.2) is 48.1 Å². The van der Waals surface area contributed by atoms with Crippen molar-refractivity contribution in [3.8, 4) is 0 Å². The highest BCUT2D eigenvalue weighted by Gasteiger charge is 2.51. The molecular weight excluding hydrogens is 304 g/mol. The van der Waals surface area contributed by atoms with Gasteiger partial charge in [0.15, 0.2) is 0 Å². The molecule has 4 aliphatic carbocycles. The van der Waals surface area contributed by atoms with Crippen molar-refractivity contribution in [2.45, 2.75) is 51.4 Å². The molecule has 5 rings (SSSR count). The molecule has 24 heavy (non-hydrogen) atoms. The van der Waals surface area contributed by atoms with Crippen molar-refractivity contribution in [3.05, 3.63) is 0 Å². The van der Waals surface area contributed by atoms with Crippen molar-refractivity contribution in [1.29, 1.82) is 0 Å². The Balaban J connectivity index is 1.26. The molecule has 1 aliphatic heterocycles. The summed E-state index contributed by atoms with van der Waals surface area (Å²) < 4.78 is 0. The summed E-state index contributed by atoms with van der Waals surface area (Å²) in [6, 6.07) is 0. The number of nitrogens with zero attached hydrogens (tertiary/aromatic N) is 1. The predicted octanol–water partition coefficient (Wildman–Crippen LogP) is 1.55. The van der Waals surface area contributed by atoms with Gasteiger partial charge in [0.25, 0.3) is 0 Å². The molecule has 5 nitrogen and oxygen atoms in total. The van der Waals surface area contributed by atoms with E-state index in [0.717, 1.165) is 24.2 Å². The standard InChI is InChI=1S/C19H30N2O3/c22-12-13-1-2-21(11-13)18(24)10-20-17(23)9-19-6-14-3-15(7-19)5-16(4-14)8-19/h13-16,22H,1-12H2,(H,20,23). The minimum atomic E-state index is -0.00943. The molecule has 5 aliphatic rings. The van der Waals surface area contributed by atoms with Crippen LogP contribution in [0.5, 0.6) is 0 Å². The first kappa shape index (κ1) is 16.4. The van der Waals surface area contributed by atoms with Gasteiger partial charge in [-0.1, -0.05) is 0 Å². The molecule has 1 saturated heterocycles. The van der Waals surface area contributed by atoms with Crippen LogP contribution in [0.4, 0.5) is 0 Å². The van der Waals surface area contributed by atoms with Crippen LogP contribution in [0.1, 0.15) is 51.4 Å². The Morgan fingerprint density at radius 3 is 2.25 bits per heavy atom. The van der Waals surface area contributed by atoms with Crippen molar-refractivity contribution >= 4 is 11.8 Å². The lowest BCUT2D eigenvalue weighted by molar-refractivity contribution is -0.135. The van der Waals surface area contributed by atoms with Crippen LogP contribution in [0, 0.1) is 29.1 Å². The van der Waals surface area contributed by atoms with Gasteiger partial charge in [-0.05, 0) is 68.1 Å². The fourth-order valence-corrected chi connectivity index (χ4v) is 6.40. The second kappa shape index (κ2) is 6.32. The molecule has 134 valence electrons. The molecule has 5 heteroatoms. The van der Waals surface area contributed by atoms with Gasteiger partial charge in [0.2, 0.25) is 11.8 Å². The smallest absolute Gasteiger partial charge is 0.241 e. The van der Waals surface area contributed by atoms with Crippen LogP contribution in [-0.2, 0) is 9.59 Å². The topological polar surface area (TPSA) is 69.6 Å². The number of amides is 2. The predicted molar refractivity (Wildman–Crippen MR) is 90.0 cm³/mol. The van der Waals surface area contributed by atoms with Gasteiger partial charge in [-0.15, -0.1) is 0 Å². The van der Waals surface area contributed by atoms with Crippen molar-refractivity contribution in [3.63, 3.8) is 0 Å². The molecule has 2 amide bonds. The number of hydrogen-bond acceptors (Lipinski definition) is 3. The molecule has 0 aromatic carbocycles. The highest BCUT2D eigenvalue weighted by Crippen LogP contribution is 2.61. The highest BCUT2D eigenvalue weighted by atomic mass is 16.3. The molecule has 0 aromatic heterocycles. The summed E-state index contributed by atoms with van der Waals surface area (Å²) in [5.74, 6) is 2.81. The lowest BCUT2D eigenvalue weighted by Gasteiger charge is -2.56. The number of aliphatic hydroxyl groups excluding tert-OH is 1. The lowest BCUT2D eigenvalue weighted by Crippen LogP contribution is -2.48. The molecule has 4 bridgehead atoms. The molecule has 0 radical (unpaired) electrons. The van der Waals surface area contributed by atoms with E-state index < -0.39 is 0 Å². The molecule has 0 aromatic rings. The van der Waals surface area contributed by atoms with E-state index in [1.807, 2.05) is 0 Å². The van der Waals surface area contributed by atoms with Crippen LogP contribution >= 0.6 is 0 Å². The summed E-state index contributed by atoms with van der Waals surface area (Å²) in [5.41, 5.74) is 0.234. The van der Waals surface area contributed by atoms with Gasteiger partial charge in [0.1, 0.15) is 0 Å². The van der Waals surface area contributed by atoms with Crippen molar-refractivity contribution in [2.75, 3.05) is 26.2 Å². The first-order chi connectivity index (χ1) is 11.5. The maximum atomic E-state index is 12.4. The summed E-state index contributed by atoms with van der Waals surface area (Å²) in [7, 11) is 0. The van der Waals surface area contributed by atoms with E-state index in [4.69, 9.17) is 5.11 Å². The Morgan fingerprint density at radius 1 is 1.08 bits per heavy atom. The van der Waals surface area contributed by atoms with E-state index in [2.05, 4.69) is 5.32 Å². The van der Waals surface area contributed by atoms with Crippen LogP contribution < -0.4 is 5.32 Å². The summed E-state index contributed by atoms with van der Waals surface area (Å²) in [5, 5.41) is 12.0. The van der Waals surface area contributed by atoms with E-state index in [9.17, 15) is 9.59 Å². The summed E-state index contributed by atoms with van der Waals surface area (Å²) in [6.07, 6.45) is 9.33. The molecule has 1 heterocycles. The van der Waals surface area contributed by atoms with E-state index >= 15 is 0 Å². The van der Waals surface area contributed by atoms with Crippen molar-refractivity contribution in [2.24, 2.45) is 29.1 Å². The second-order valence-corrected chi connectivity index (χ2v) is 9.05. The average molecular weight is 334 g/mol. The minimum absolute atomic E-state index is 0.00943. The third-order valence-electron chi connectivity index (χ3n) is 7.03. The quantitative estimate of drug-likeness (QED) is 0.801. The molecule has 1 unspecified atom stereocenters. The van der Waals surface area contributed by atoms with Gasteiger partial charge in [-0.2, -0.15) is 0 Å².